The number of carbonyl (C=O) groups excluding carboxylic acids is 1. The zero-order valence-electron chi connectivity index (χ0n) is 17.5. The first kappa shape index (κ1) is 20.2. The molecule has 1 heterocycles. The third kappa shape index (κ3) is 4.71. The van der Waals surface area contributed by atoms with Gasteiger partial charge in [-0.2, -0.15) is 0 Å². The van der Waals surface area contributed by atoms with Gasteiger partial charge in [0.1, 0.15) is 23.7 Å². The van der Waals surface area contributed by atoms with Crippen molar-refractivity contribution in [1.82, 2.24) is 4.90 Å². The first-order valence-corrected chi connectivity index (χ1v) is 10.4. The smallest absolute Gasteiger partial charge is 0.170 e. The average Bonchev–Trinajstić information content (AvgIpc) is 2.78. The van der Waals surface area contributed by atoms with Crippen molar-refractivity contribution in [2.75, 3.05) is 20.6 Å². The van der Waals surface area contributed by atoms with Crippen LogP contribution in [-0.4, -0.2) is 31.3 Å². The van der Waals surface area contributed by atoms with Gasteiger partial charge in [-0.25, -0.2) is 0 Å². The molecule has 3 aromatic carbocycles. The molecule has 0 saturated carbocycles. The van der Waals surface area contributed by atoms with Gasteiger partial charge in [0.2, 0.25) is 0 Å². The van der Waals surface area contributed by atoms with Gasteiger partial charge >= 0.3 is 0 Å². The Bertz CT molecular complexity index is 986. The van der Waals surface area contributed by atoms with Crippen LogP contribution in [-0.2, 0) is 0 Å². The van der Waals surface area contributed by atoms with Crippen LogP contribution in [0.2, 0.25) is 0 Å². The Morgan fingerprint density at radius 2 is 1.70 bits per heavy atom. The van der Waals surface area contributed by atoms with Crippen molar-refractivity contribution in [2.45, 2.75) is 25.0 Å². The normalized spacial score (nSPS) is 16.6. The number of nitrogens with zero attached hydrogens (tertiary/aromatic N) is 1. The molecule has 0 spiro atoms. The second kappa shape index (κ2) is 9.14. The van der Waals surface area contributed by atoms with E-state index in [-0.39, 0.29) is 18.0 Å². The topological polar surface area (TPSA) is 38.8 Å². The molecule has 154 valence electrons. The Morgan fingerprint density at radius 3 is 2.40 bits per heavy atom. The lowest BCUT2D eigenvalue weighted by atomic mass is 9.96. The maximum absolute atomic E-state index is 12.9. The second-order valence-electron chi connectivity index (χ2n) is 7.91. The zero-order chi connectivity index (χ0) is 20.9. The summed E-state index contributed by atoms with van der Waals surface area (Å²) in [6.45, 7) is 0.908. The quantitative estimate of drug-likeness (QED) is 0.527. The third-order valence-electron chi connectivity index (χ3n) is 5.35. The largest absolute Gasteiger partial charge is 0.486 e. The Labute approximate surface area is 178 Å². The van der Waals surface area contributed by atoms with Gasteiger partial charge in [0.25, 0.3) is 0 Å². The zero-order valence-corrected chi connectivity index (χ0v) is 17.5. The SMILES string of the molecule is CN(C)CCC(Oc1ccc2c(c1)C(=O)CC(c1ccccc1)O2)c1ccccc1. The minimum absolute atomic E-state index is 0.0803. The predicted molar refractivity (Wildman–Crippen MR) is 118 cm³/mol. The van der Waals surface area contributed by atoms with Crippen LogP contribution in [0, 0.1) is 0 Å². The van der Waals surface area contributed by atoms with Crippen molar-refractivity contribution < 1.29 is 14.3 Å². The maximum Gasteiger partial charge on any atom is 0.170 e. The molecular formula is C26H27NO3. The Hall–Kier alpha value is -3.11. The van der Waals surface area contributed by atoms with E-state index in [1.54, 1.807) is 0 Å². The summed E-state index contributed by atoms with van der Waals surface area (Å²) in [6, 6.07) is 25.7. The van der Waals surface area contributed by atoms with Gasteiger partial charge < -0.3 is 14.4 Å². The van der Waals surface area contributed by atoms with Gasteiger partial charge in [0.15, 0.2) is 5.78 Å². The summed E-state index contributed by atoms with van der Waals surface area (Å²) in [5.74, 6) is 1.40. The van der Waals surface area contributed by atoms with Crippen molar-refractivity contribution in [3.05, 3.63) is 95.6 Å². The minimum Gasteiger partial charge on any atom is -0.486 e. The molecule has 0 aliphatic carbocycles. The first-order chi connectivity index (χ1) is 14.6. The van der Waals surface area contributed by atoms with E-state index in [9.17, 15) is 4.79 Å². The van der Waals surface area contributed by atoms with E-state index in [1.807, 2.05) is 66.7 Å². The molecule has 0 N–H and O–H groups in total. The van der Waals surface area contributed by atoms with Crippen LogP contribution >= 0.6 is 0 Å². The molecule has 0 fully saturated rings. The van der Waals surface area contributed by atoms with Crippen LogP contribution in [0.5, 0.6) is 11.5 Å². The number of rotatable bonds is 7. The fourth-order valence-electron chi connectivity index (χ4n) is 3.73. The molecule has 0 saturated heterocycles. The molecule has 1 aliphatic rings. The Morgan fingerprint density at radius 1 is 1.00 bits per heavy atom. The maximum atomic E-state index is 12.9. The van der Waals surface area contributed by atoms with Crippen LogP contribution in [0.15, 0.2) is 78.9 Å². The van der Waals surface area contributed by atoms with Crippen LogP contribution in [0.3, 0.4) is 0 Å². The standard InChI is InChI=1S/C26H27NO3/c1-27(2)16-15-24(19-9-5-3-6-10-19)29-21-13-14-25-22(17-21)23(28)18-26(30-25)20-11-7-4-8-12-20/h3-14,17,24,26H,15-16,18H2,1-2H3. The molecule has 4 rings (SSSR count). The van der Waals surface area contributed by atoms with E-state index in [0.29, 0.717) is 23.5 Å². The summed E-state index contributed by atoms with van der Waals surface area (Å²) in [5, 5.41) is 0. The number of ketones is 1. The van der Waals surface area contributed by atoms with Crippen molar-refractivity contribution in [1.29, 1.82) is 0 Å². The lowest BCUT2D eigenvalue weighted by Gasteiger charge is -2.27. The number of fused-ring (bicyclic) bond motifs is 1. The van der Waals surface area contributed by atoms with Crippen molar-refractivity contribution in [3.63, 3.8) is 0 Å². The number of ether oxygens (including phenoxy) is 2. The minimum atomic E-state index is -0.241. The summed E-state index contributed by atoms with van der Waals surface area (Å²) in [7, 11) is 4.11. The van der Waals surface area contributed by atoms with E-state index in [0.717, 1.165) is 24.1 Å². The molecule has 0 radical (unpaired) electrons. The lowest BCUT2D eigenvalue weighted by Crippen LogP contribution is -2.21. The van der Waals surface area contributed by atoms with Crippen molar-refractivity contribution in [3.8, 4) is 11.5 Å². The lowest BCUT2D eigenvalue weighted by molar-refractivity contribution is 0.0848. The number of hydrogen-bond acceptors (Lipinski definition) is 4. The predicted octanol–water partition coefficient (Wildman–Crippen LogP) is 5.46. The summed E-state index contributed by atoms with van der Waals surface area (Å²) in [4.78, 5) is 15.0. The molecule has 2 atom stereocenters. The fourth-order valence-corrected chi connectivity index (χ4v) is 3.73. The molecule has 30 heavy (non-hydrogen) atoms. The summed E-state index contributed by atoms with van der Waals surface area (Å²) >= 11 is 0. The highest BCUT2D eigenvalue weighted by Gasteiger charge is 2.28. The highest BCUT2D eigenvalue weighted by Crippen LogP contribution is 2.37. The number of benzene rings is 3. The molecule has 4 heteroatoms. The molecule has 4 nitrogen and oxygen atoms in total. The molecule has 1 aliphatic heterocycles. The van der Waals surface area contributed by atoms with Crippen LogP contribution in [0.1, 0.15) is 46.5 Å². The van der Waals surface area contributed by atoms with Crippen LogP contribution in [0.4, 0.5) is 0 Å². The average molecular weight is 402 g/mol. The fraction of sp³-hybridized carbons (Fsp3) is 0.269. The van der Waals surface area contributed by atoms with E-state index in [1.165, 1.54) is 0 Å². The molecule has 0 aromatic heterocycles. The van der Waals surface area contributed by atoms with E-state index in [4.69, 9.17) is 9.47 Å². The van der Waals surface area contributed by atoms with Crippen LogP contribution < -0.4 is 9.47 Å². The summed E-state index contributed by atoms with van der Waals surface area (Å²) < 4.78 is 12.5. The van der Waals surface area contributed by atoms with Gasteiger partial charge in [0.05, 0.1) is 12.0 Å². The van der Waals surface area contributed by atoms with Crippen molar-refractivity contribution >= 4 is 5.78 Å². The number of carbonyl (C=O) groups is 1. The van der Waals surface area contributed by atoms with E-state index in [2.05, 4.69) is 31.1 Å². The highest BCUT2D eigenvalue weighted by atomic mass is 16.5. The first-order valence-electron chi connectivity index (χ1n) is 10.4. The Balaban J connectivity index is 1.54. The summed E-state index contributed by atoms with van der Waals surface area (Å²) in [5.41, 5.74) is 2.74. The van der Waals surface area contributed by atoms with Gasteiger partial charge in [-0.05, 0) is 43.4 Å². The van der Waals surface area contributed by atoms with Gasteiger partial charge in [-0.3, -0.25) is 4.79 Å². The monoisotopic (exact) mass is 401 g/mol. The van der Waals surface area contributed by atoms with Gasteiger partial charge in [0, 0.05) is 13.0 Å². The van der Waals surface area contributed by atoms with Crippen LogP contribution in [0.25, 0.3) is 0 Å². The van der Waals surface area contributed by atoms with Gasteiger partial charge in [-0.15, -0.1) is 0 Å². The number of hydrogen-bond donors (Lipinski definition) is 0. The molecular weight excluding hydrogens is 374 g/mol. The Kier molecular flexibility index (Phi) is 6.15. The van der Waals surface area contributed by atoms with E-state index >= 15 is 0 Å². The second-order valence-corrected chi connectivity index (χ2v) is 7.91. The number of Topliss-reactive ketones (excluding diaryl/α,β-unsaturated/α-hetero) is 1. The molecule has 0 amide bonds. The third-order valence-corrected chi connectivity index (χ3v) is 5.35. The van der Waals surface area contributed by atoms with E-state index < -0.39 is 0 Å². The van der Waals surface area contributed by atoms with Crippen molar-refractivity contribution in [2.24, 2.45) is 0 Å². The summed E-state index contributed by atoms with van der Waals surface area (Å²) in [6.07, 6.45) is 0.871. The molecule has 0 bridgehead atoms. The molecule has 2 unspecified atom stereocenters. The molecule has 3 aromatic rings. The highest BCUT2D eigenvalue weighted by molar-refractivity contribution is 6.00. The van der Waals surface area contributed by atoms with Gasteiger partial charge in [-0.1, -0.05) is 60.7 Å².